The molecule has 1 N–H and O–H groups in total. The van der Waals surface area contributed by atoms with E-state index in [2.05, 4.69) is 4.72 Å². The van der Waals surface area contributed by atoms with Crippen molar-refractivity contribution in [3.8, 4) is 5.75 Å². The van der Waals surface area contributed by atoms with Gasteiger partial charge in [-0.1, -0.05) is 25.1 Å². The van der Waals surface area contributed by atoms with Gasteiger partial charge in [0.25, 0.3) is 5.91 Å². The van der Waals surface area contributed by atoms with Crippen molar-refractivity contribution in [2.24, 2.45) is 0 Å². The molecule has 0 unspecified atom stereocenters. The predicted molar refractivity (Wildman–Crippen MR) is 93.3 cm³/mol. The van der Waals surface area contributed by atoms with Crippen LogP contribution in [0.2, 0.25) is 0 Å². The molecule has 2 aromatic carbocycles. The summed E-state index contributed by atoms with van der Waals surface area (Å²) in [4.78, 5) is 18.2. The largest absolute Gasteiger partial charge is 0.377 e. The Kier molecular flexibility index (Phi) is 5.81. The standard InChI is InChI=1S/C17H20N2O4S/c1-3-13-19(17(20)14-7-5-4-6-8-14)23-16-11-9-15(10-12-16)18-24(2,21)22/h4-12,18H,3,13H2,1-2H3. The predicted octanol–water partition coefficient (Wildman–Crippen LogP) is 2.90. The minimum atomic E-state index is -3.33. The summed E-state index contributed by atoms with van der Waals surface area (Å²) in [5.74, 6) is 0.225. The number of anilines is 1. The van der Waals surface area contributed by atoms with Crippen molar-refractivity contribution in [3.63, 3.8) is 0 Å². The van der Waals surface area contributed by atoms with E-state index in [-0.39, 0.29) is 5.91 Å². The zero-order valence-electron chi connectivity index (χ0n) is 13.6. The summed E-state index contributed by atoms with van der Waals surface area (Å²) >= 11 is 0. The van der Waals surface area contributed by atoms with E-state index in [1.165, 1.54) is 5.06 Å². The zero-order valence-corrected chi connectivity index (χ0v) is 14.4. The van der Waals surface area contributed by atoms with Crippen LogP contribution in [0.15, 0.2) is 54.6 Å². The van der Waals surface area contributed by atoms with E-state index in [4.69, 9.17) is 4.84 Å². The molecule has 2 rings (SSSR count). The number of carbonyl (C=O) groups is 1. The van der Waals surface area contributed by atoms with Gasteiger partial charge in [0.15, 0.2) is 5.75 Å². The second kappa shape index (κ2) is 7.83. The molecule has 0 aromatic heterocycles. The maximum Gasteiger partial charge on any atom is 0.286 e. The second-order valence-corrected chi connectivity index (χ2v) is 7.01. The quantitative estimate of drug-likeness (QED) is 0.781. The fourth-order valence-electron chi connectivity index (χ4n) is 2.04. The van der Waals surface area contributed by atoms with Gasteiger partial charge in [-0.05, 0) is 42.8 Å². The number of hydroxylamine groups is 2. The molecule has 0 aliphatic rings. The molecule has 7 heteroatoms. The summed E-state index contributed by atoms with van der Waals surface area (Å²) in [7, 11) is -3.33. The van der Waals surface area contributed by atoms with Crippen LogP contribution >= 0.6 is 0 Å². The summed E-state index contributed by atoms with van der Waals surface area (Å²) < 4.78 is 24.8. The van der Waals surface area contributed by atoms with Crippen LogP contribution in [0, 0.1) is 0 Å². The minimum Gasteiger partial charge on any atom is -0.377 e. The molecule has 0 saturated heterocycles. The summed E-state index contributed by atoms with van der Waals surface area (Å²) in [5.41, 5.74) is 0.975. The number of benzene rings is 2. The van der Waals surface area contributed by atoms with E-state index in [0.717, 1.165) is 12.7 Å². The number of hydrogen-bond donors (Lipinski definition) is 1. The number of rotatable bonds is 7. The molecular weight excluding hydrogens is 328 g/mol. The van der Waals surface area contributed by atoms with Crippen LogP contribution in [-0.2, 0) is 10.0 Å². The Bertz CT molecular complexity index is 774. The Labute approximate surface area is 142 Å². The number of nitrogens with zero attached hydrogens (tertiary/aromatic N) is 1. The van der Waals surface area contributed by atoms with Crippen molar-refractivity contribution < 1.29 is 18.0 Å². The summed E-state index contributed by atoms with van der Waals surface area (Å²) in [6.07, 6.45) is 1.82. The number of amides is 1. The Morgan fingerprint density at radius 3 is 2.25 bits per heavy atom. The first-order chi connectivity index (χ1) is 11.4. The van der Waals surface area contributed by atoms with E-state index >= 15 is 0 Å². The number of sulfonamides is 1. The molecule has 6 nitrogen and oxygen atoms in total. The van der Waals surface area contributed by atoms with Crippen LogP contribution in [0.5, 0.6) is 5.75 Å². The lowest BCUT2D eigenvalue weighted by Gasteiger charge is -2.22. The molecule has 2 aromatic rings. The van der Waals surface area contributed by atoms with E-state index in [1.807, 2.05) is 13.0 Å². The van der Waals surface area contributed by atoms with Crippen LogP contribution in [0.1, 0.15) is 23.7 Å². The van der Waals surface area contributed by atoms with Crippen molar-refractivity contribution in [2.45, 2.75) is 13.3 Å². The van der Waals surface area contributed by atoms with Gasteiger partial charge in [0, 0.05) is 11.3 Å². The third-order valence-electron chi connectivity index (χ3n) is 3.05. The van der Waals surface area contributed by atoms with Gasteiger partial charge in [-0.25, -0.2) is 8.42 Å². The molecule has 128 valence electrons. The summed E-state index contributed by atoms with van der Waals surface area (Å²) in [5, 5.41) is 1.30. The molecule has 0 fully saturated rings. The molecule has 0 saturated carbocycles. The highest BCUT2D eigenvalue weighted by atomic mass is 32.2. The maximum atomic E-state index is 12.5. The van der Waals surface area contributed by atoms with Gasteiger partial charge < -0.3 is 4.84 Å². The first-order valence-electron chi connectivity index (χ1n) is 7.52. The van der Waals surface area contributed by atoms with Crippen molar-refractivity contribution in [3.05, 3.63) is 60.2 Å². The van der Waals surface area contributed by atoms with Gasteiger partial charge in [0.05, 0.1) is 12.8 Å². The SMILES string of the molecule is CCCN(Oc1ccc(NS(C)(=O)=O)cc1)C(=O)c1ccccc1. The van der Waals surface area contributed by atoms with Gasteiger partial charge in [0.1, 0.15) is 0 Å². The number of carbonyl (C=O) groups excluding carboxylic acids is 1. The van der Waals surface area contributed by atoms with Crippen LogP contribution in [0.3, 0.4) is 0 Å². The summed E-state index contributed by atoms with van der Waals surface area (Å²) in [6.45, 7) is 2.39. The van der Waals surface area contributed by atoms with Gasteiger partial charge in [-0.15, -0.1) is 0 Å². The third-order valence-corrected chi connectivity index (χ3v) is 3.65. The van der Waals surface area contributed by atoms with Crippen LogP contribution in [0.4, 0.5) is 5.69 Å². The van der Waals surface area contributed by atoms with Gasteiger partial charge in [-0.2, -0.15) is 5.06 Å². The number of nitrogens with one attached hydrogen (secondary N) is 1. The topological polar surface area (TPSA) is 75.7 Å². The highest BCUT2D eigenvalue weighted by Gasteiger charge is 2.17. The molecular formula is C17H20N2O4S. The Balaban J connectivity index is 2.11. The monoisotopic (exact) mass is 348 g/mol. The van der Waals surface area contributed by atoms with Crippen molar-refractivity contribution in [2.75, 3.05) is 17.5 Å². The lowest BCUT2D eigenvalue weighted by molar-refractivity contribution is -0.0329. The highest BCUT2D eigenvalue weighted by molar-refractivity contribution is 7.92. The van der Waals surface area contributed by atoms with E-state index in [1.54, 1.807) is 48.5 Å². The first kappa shape index (κ1) is 17.8. The van der Waals surface area contributed by atoms with Gasteiger partial charge >= 0.3 is 0 Å². The summed E-state index contributed by atoms with van der Waals surface area (Å²) in [6, 6.07) is 15.3. The molecule has 0 aliphatic carbocycles. The maximum absolute atomic E-state index is 12.5. The lowest BCUT2D eigenvalue weighted by Crippen LogP contribution is -2.34. The highest BCUT2D eigenvalue weighted by Crippen LogP contribution is 2.18. The molecule has 0 bridgehead atoms. The molecule has 0 spiro atoms. The fourth-order valence-corrected chi connectivity index (χ4v) is 2.61. The van der Waals surface area contributed by atoms with Crippen molar-refractivity contribution >= 4 is 21.6 Å². The van der Waals surface area contributed by atoms with Crippen LogP contribution in [0.25, 0.3) is 0 Å². The fraction of sp³-hybridized carbons (Fsp3) is 0.235. The molecule has 24 heavy (non-hydrogen) atoms. The molecule has 0 atom stereocenters. The Hall–Kier alpha value is -2.54. The third kappa shape index (κ3) is 5.27. The van der Waals surface area contributed by atoms with E-state index in [0.29, 0.717) is 23.5 Å². The average Bonchev–Trinajstić information content (AvgIpc) is 2.55. The average molecular weight is 348 g/mol. The van der Waals surface area contributed by atoms with Gasteiger partial charge in [-0.3, -0.25) is 9.52 Å². The number of hydrogen-bond acceptors (Lipinski definition) is 4. The van der Waals surface area contributed by atoms with Crippen molar-refractivity contribution in [1.82, 2.24) is 5.06 Å². The second-order valence-electron chi connectivity index (χ2n) is 5.26. The smallest absolute Gasteiger partial charge is 0.286 e. The lowest BCUT2D eigenvalue weighted by atomic mass is 10.2. The first-order valence-corrected chi connectivity index (χ1v) is 9.41. The zero-order chi connectivity index (χ0) is 17.6. The van der Waals surface area contributed by atoms with E-state index in [9.17, 15) is 13.2 Å². The molecule has 0 aliphatic heterocycles. The molecule has 0 radical (unpaired) electrons. The van der Waals surface area contributed by atoms with E-state index < -0.39 is 10.0 Å². The van der Waals surface area contributed by atoms with Gasteiger partial charge in [0.2, 0.25) is 10.0 Å². The van der Waals surface area contributed by atoms with Crippen LogP contribution < -0.4 is 9.56 Å². The Morgan fingerprint density at radius 1 is 1.08 bits per heavy atom. The van der Waals surface area contributed by atoms with Crippen LogP contribution in [-0.4, -0.2) is 32.2 Å². The Morgan fingerprint density at radius 2 is 1.71 bits per heavy atom. The normalized spacial score (nSPS) is 10.9. The minimum absolute atomic E-state index is 0.226. The molecule has 0 heterocycles. The van der Waals surface area contributed by atoms with Crippen molar-refractivity contribution in [1.29, 1.82) is 0 Å². The molecule has 1 amide bonds.